The number of benzene rings is 1. The first kappa shape index (κ1) is 17.5. The van der Waals surface area contributed by atoms with Gasteiger partial charge < -0.3 is 10.2 Å². The number of fused-ring (bicyclic) bond motifs is 1. The van der Waals surface area contributed by atoms with Crippen LogP contribution in [0.5, 0.6) is 0 Å². The van der Waals surface area contributed by atoms with Gasteiger partial charge in [-0.25, -0.2) is 4.98 Å². The van der Waals surface area contributed by atoms with Gasteiger partial charge in [0, 0.05) is 25.7 Å². The quantitative estimate of drug-likeness (QED) is 0.865. The van der Waals surface area contributed by atoms with Crippen LogP contribution >= 0.6 is 11.8 Å². The van der Waals surface area contributed by atoms with E-state index in [1.54, 1.807) is 11.1 Å². The van der Waals surface area contributed by atoms with Gasteiger partial charge in [0.25, 0.3) is 0 Å². The predicted octanol–water partition coefficient (Wildman–Crippen LogP) is 2.93. The van der Waals surface area contributed by atoms with Gasteiger partial charge in [-0.15, -0.1) is 0 Å². The summed E-state index contributed by atoms with van der Waals surface area (Å²) in [4.78, 5) is 30.2. The molecule has 1 aromatic heterocycles. The molecule has 0 unspecified atom stereocenters. The standard InChI is InChI=1S/C19H21N3O2S/c1-14-6-8-15(9-7-14)12-21-17(23)5-3-11-22-16-4-2-10-20-19(16)25-13-18(22)24/h2,4,6-10H,3,5,11-13H2,1H3,(H,21,23). The lowest BCUT2D eigenvalue weighted by molar-refractivity contribution is -0.121. The zero-order valence-electron chi connectivity index (χ0n) is 14.2. The summed E-state index contributed by atoms with van der Waals surface area (Å²) < 4.78 is 0. The van der Waals surface area contributed by atoms with E-state index in [4.69, 9.17) is 0 Å². The summed E-state index contributed by atoms with van der Waals surface area (Å²) >= 11 is 1.47. The first-order valence-electron chi connectivity index (χ1n) is 8.34. The molecule has 0 fully saturated rings. The Morgan fingerprint density at radius 2 is 2.08 bits per heavy atom. The van der Waals surface area contributed by atoms with E-state index >= 15 is 0 Å². The van der Waals surface area contributed by atoms with E-state index in [1.807, 2.05) is 43.3 Å². The first-order chi connectivity index (χ1) is 12.1. The summed E-state index contributed by atoms with van der Waals surface area (Å²) in [5.41, 5.74) is 3.14. The lowest BCUT2D eigenvalue weighted by Gasteiger charge is -2.27. The second-order valence-corrected chi connectivity index (χ2v) is 6.99. The van der Waals surface area contributed by atoms with Crippen LogP contribution in [0.25, 0.3) is 0 Å². The number of nitrogens with one attached hydrogen (secondary N) is 1. The zero-order chi connectivity index (χ0) is 17.6. The monoisotopic (exact) mass is 355 g/mol. The highest BCUT2D eigenvalue weighted by Crippen LogP contribution is 2.33. The van der Waals surface area contributed by atoms with Crippen molar-refractivity contribution < 1.29 is 9.59 Å². The maximum absolute atomic E-state index is 12.1. The molecule has 1 aliphatic rings. The third kappa shape index (κ3) is 4.60. The average molecular weight is 355 g/mol. The van der Waals surface area contributed by atoms with Crippen molar-refractivity contribution in [3.8, 4) is 0 Å². The Morgan fingerprint density at radius 3 is 2.88 bits per heavy atom. The van der Waals surface area contributed by atoms with Crippen LogP contribution in [0, 0.1) is 6.92 Å². The van der Waals surface area contributed by atoms with Gasteiger partial charge in [-0.05, 0) is 31.0 Å². The van der Waals surface area contributed by atoms with Gasteiger partial charge in [-0.2, -0.15) is 0 Å². The molecule has 2 aromatic rings. The number of carbonyl (C=O) groups is 2. The molecule has 0 saturated carbocycles. The number of anilines is 1. The third-order valence-corrected chi connectivity index (χ3v) is 5.05. The number of thioether (sulfide) groups is 1. The van der Waals surface area contributed by atoms with Gasteiger partial charge in [-0.1, -0.05) is 41.6 Å². The highest BCUT2D eigenvalue weighted by molar-refractivity contribution is 8.00. The second kappa shape index (κ2) is 8.16. The molecule has 5 nitrogen and oxygen atoms in total. The first-order valence-corrected chi connectivity index (χ1v) is 9.32. The molecule has 0 spiro atoms. The number of amides is 2. The Morgan fingerprint density at radius 1 is 1.28 bits per heavy atom. The van der Waals surface area contributed by atoms with Gasteiger partial charge in [0.05, 0.1) is 11.4 Å². The average Bonchev–Trinajstić information content (AvgIpc) is 2.63. The van der Waals surface area contributed by atoms with Gasteiger partial charge >= 0.3 is 0 Å². The van der Waals surface area contributed by atoms with Crippen molar-refractivity contribution >= 4 is 29.3 Å². The Balaban J connectivity index is 1.47. The molecule has 0 bridgehead atoms. The number of aromatic nitrogens is 1. The molecule has 0 saturated heterocycles. The maximum atomic E-state index is 12.1. The minimum absolute atomic E-state index is 0.00539. The van der Waals surface area contributed by atoms with E-state index in [0.717, 1.165) is 16.3 Å². The minimum Gasteiger partial charge on any atom is -0.352 e. The lowest BCUT2D eigenvalue weighted by atomic mass is 10.1. The van der Waals surface area contributed by atoms with Crippen molar-refractivity contribution in [3.63, 3.8) is 0 Å². The molecular formula is C19H21N3O2S. The van der Waals surface area contributed by atoms with E-state index < -0.39 is 0 Å². The highest BCUT2D eigenvalue weighted by Gasteiger charge is 2.24. The van der Waals surface area contributed by atoms with Crippen LogP contribution in [0.3, 0.4) is 0 Å². The van der Waals surface area contributed by atoms with Gasteiger partial charge in [0.2, 0.25) is 11.8 Å². The van der Waals surface area contributed by atoms with Gasteiger partial charge in [0.1, 0.15) is 5.03 Å². The zero-order valence-corrected chi connectivity index (χ0v) is 15.0. The molecule has 130 valence electrons. The Bertz CT molecular complexity index is 762. The number of nitrogens with zero attached hydrogens (tertiary/aromatic N) is 2. The normalized spacial score (nSPS) is 13.5. The van der Waals surface area contributed by atoms with Crippen molar-refractivity contribution in [1.29, 1.82) is 0 Å². The van der Waals surface area contributed by atoms with Crippen LogP contribution in [0.15, 0.2) is 47.6 Å². The Hall–Kier alpha value is -2.34. The Kier molecular flexibility index (Phi) is 5.71. The minimum atomic E-state index is 0.00539. The number of aryl methyl sites for hydroxylation is 1. The van der Waals surface area contributed by atoms with Crippen molar-refractivity contribution in [1.82, 2.24) is 10.3 Å². The fraction of sp³-hybridized carbons (Fsp3) is 0.316. The van der Waals surface area contributed by atoms with Crippen LogP contribution in [-0.4, -0.2) is 29.1 Å². The van der Waals surface area contributed by atoms with Gasteiger partial charge in [-0.3, -0.25) is 9.59 Å². The van der Waals surface area contributed by atoms with Crippen LogP contribution in [0.1, 0.15) is 24.0 Å². The lowest BCUT2D eigenvalue weighted by Crippen LogP contribution is -2.37. The van der Waals surface area contributed by atoms with Crippen molar-refractivity contribution in [3.05, 3.63) is 53.7 Å². The summed E-state index contributed by atoms with van der Waals surface area (Å²) in [5.74, 6) is 0.486. The summed E-state index contributed by atoms with van der Waals surface area (Å²) in [7, 11) is 0. The SMILES string of the molecule is Cc1ccc(CNC(=O)CCCN2C(=O)CSc3ncccc32)cc1. The van der Waals surface area contributed by atoms with Crippen molar-refractivity contribution in [2.45, 2.75) is 31.3 Å². The van der Waals surface area contributed by atoms with Crippen molar-refractivity contribution in [2.75, 3.05) is 17.2 Å². The number of hydrogen-bond donors (Lipinski definition) is 1. The maximum Gasteiger partial charge on any atom is 0.237 e. The fourth-order valence-electron chi connectivity index (χ4n) is 2.68. The summed E-state index contributed by atoms with van der Waals surface area (Å²) in [6.45, 7) is 3.11. The largest absolute Gasteiger partial charge is 0.352 e. The van der Waals surface area contributed by atoms with Crippen LogP contribution in [-0.2, 0) is 16.1 Å². The molecule has 1 aromatic carbocycles. The molecule has 0 radical (unpaired) electrons. The molecule has 0 aliphatic carbocycles. The van der Waals surface area contributed by atoms with Crippen LogP contribution in [0.2, 0.25) is 0 Å². The van der Waals surface area contributed by atoms with E-state index in [9.17, 15) is 9.59 Å². The number of carbonyl (C=O) groups excluding carboxylic acids is 2. The second-order valence-electron chi connectivity index (χ2n) is 6.03. The number of pyridine rings is 1. The van der Waals surface area contributed by atoms with Crippen LogP contribution < -0.4 is 10.2 Å². The highest BCUT2D eigenvalue weighted by atomic mass is 32.2. The predicted molar refractivity (Wildman–Crippen MR) is 99.6 cm³/mol. The van der Waals surface area contributed by atoms with E-state index in [2.05, 4.69) is 10.3 Å². The summed E-state index contributed by atoms with van der Waals surface area (Å²) in [6.07, 6.45) is 2.77. The van der Waals surface area contributed by atoms with E-state index in [0.29, 0.717) is 31.7 Å². The molecule has 25 heavy (non-hydrogen) atoms. The molecule has 2 amide bonds. The van der Waals surface area contributed by atoms with Crippen LogP contribution in [0.4, 0.5) is 5.69 Å². The summed E-state index contributed by atoms with van der Waals surface area (Å²) in [5, 5.41) is 3.81. The topological polar surface area (TPSA) is 62.3 Å². The van der Waals surface area contributed by atoms with E-state index in [1.165, 1.54) is 17.3 Å². The third-order valence-electron chi connectivity index (χ3n) is 4.07. The molecule has 6 heteroatoms. The number of rotatable bonds is 6. The Labute approximate surface area is 151 Å². The molecule has 0 atom stereocenters. The molecule has 3 rings (SSSR count). The molecular weight excluding hydrogens is 334 g/mol. The number of hydrogen-bond acceptors (Lipinski definition) is 4. The fourth-order valence-corrected chi connectivity index (χ4v) is 3.56. The molecule has 1 N–H and O–H groups in total. The molecule has 1 aliphatic heterocycles. The summed E-state index contributed by atoms with van der Waals surface area (Å²) in [6, 6.07) is 11.8. The molecule has 2 heterocycles. The van der Waals surface area contributed by atoms with Crippen molar-refractivity contribution in [2.24, 2.45) is 0 Å². The van der Waals surface area contributed by atoms with E-state index in [-0.39, 0.29) is 11.8 Å². The smallest absolute Gasteiger partial charge is 0.237 e. The van der Waals surface area contributed by atoms with Gasteiger partial charge in [0.15, 0.2) is 0 Å².